The Kier molecular flexibility index (Phi) is 10.8. The Morgan fingerprint density at radius 2 is 1.54 bits per heavy atom. The first-order chi connectivity index (χ1) is 20.0. The number of carbonyl (C=O) groups excluding carboxylic acids is 2. The van der Waals surface area contributed by atoms with Gasteiger partial charge in [0.25, 0.3) is 5.91 Å². The molecule has 0 saturated carbocycles. The van der Waals surface area contributed by atoms with Gasteiger partial charge in [-0.2, -0.15) is 0 Å². The number of amides is 3. The van der Waals surface area contributed by atoms with Gasteiger partial charge in [0.1, 0.15) is 5.75 Å². The SMILES string of the molecule is CCOCCCNC(=O)c1cc(NC(=O)Nc2cccc(CC)c2)ccc1N1CCN(c2ccccc2OC)CC1. The van der Waals surface area contributed by atoms with Gasteiger partial charge in [0.15, 0.2) is 0 Å². The zero-order valence-corrected chi connectivity index (χ0v) is 24.2. The second kappa shape index (κ2) is 14.9. The number of methoxy groups -OCH3 is 1. The van der Waals surface area contributed by atoms with E-state index < -0.39 is 0 Å². The third-order valence-electron chi connectivity index (χ3n) is 7.09. The van der Waals surface area contributed by atoms with E-state index in [0.717, 1.165) is 67.4 Å². The van der Waals surface area contributed by atoms with Gasteiger partial charge in [0.05, 0.1) is 18.4 Å². The van der Waals surface area contributed by atoms with Crippen molar-refractivity contribution in [2.75, 3.05) is 73.5 Å². The van der Waals surface area contributed by atoms with Crippen LogP contribution in [0.5, 0.6) is 5.75 Å². The minimum Gasteiger partial charge on any atom is -0.495 e. The third-order valence-corrected chi connectivity index (χ3v) is 7.09. The number of para-hydroxylation sites is 2. The summed E-state index contributed by atoms with van der Waals surface area (Å²) in [4.78, 5) is 30.7. The average molecular weight is 560 g/mol. The quantitative estimate of drug-likeness (QED) is 0.258. The molecule has 9 heteroatoms. The number of nitrogens with one attached hydrogen (secondary N) is 3. The van der Waals surface area contributed by atoms with Gasteiger partial charge < -0.3 is 35.2 Å². The number of anilines is 4. The van der Waals surface area contributed by atoms with E-state index in [9.17, 15) is 9.59 Å². The average Bonchev–Trinajstić information content (AvgIpc) is 3.01. The maximum Gasteiger partial charge on any atom is 0.323 e. The molecular formula is C32H41N5O4. The number of hydrogen-bond acceptors (Lipinski definition) is 6. The molecule has 41 heavy (non-hydrogen) atoms. The summed E-state index contributed by atoms with van der Waals surface area (Å²) in [6.07, 6.45) is 1.61. The largest absolute Gasteiger partial charge is 0.495 e. The van der Waals surface area contributed by atoms with Gasteiger partial charge in [0.2, 0.25) is 0 Å². The number of rotatable bonds is 12. The molecule has 1 saturated heterocycles. The van der Waals surface area contributed by atoms with Crippen molar-refractivity contribution in [3.63, 3.8) is 0 Å². The Morgan fingerprint density at radius 3 is 2.24 bits per heavy atom. The molecule has 0 atom stereocenters. The molecule has 0 aliphatic carbocycles. The molecule has 1 aliphatic rings. The van der Waals surface area contributed by atoms with Crippen LogP contribution in [0.3, 0.4) is 0 Å². The van der Waals surface area contributed by atoms with Gasteiger partial charge in [0, 0.05) is 63.0 Å². The van der Waals surface area contributed by atoms with Crippen molar-refractivity contribution >= 4 is 34.7 Å². The standard InChI is InChI=1S/C32H41N5O4/c1-4-24-10-8-11-25(22-24)34-32(39)35-26-14-15-28(27(23-26)31(38)33-16-9-21-41-5-2)36-17-19-37(20-18-36)29-12-6-7-13-30(29)40-3/h6-8,10-15,22-23H,4-5,9,16-21H2,1-3H3,(H,33,38)(H2,34,35,39). The van der Waals surface area contributed by atoms with Crippen LogP contribution >= 0.6 is 0 Å². The Balaban J connectivity index is 1.48. The highest BCUT2D eigenvalue weighted by Crippen LogP contribution is 2.31. The van der Waals surface area contributed by atoms with Crippen molar-refractivity contribution < 1.29 is 19.1 Å². The van der Waals surface area contributed by atoms with Gasteiger partial charge >= 0.3 is 6.03 Å². The molecule has 3 aromatic rings. The van der Waals surface area contributed by atoms with E-state index in [4.69, 9.17) is 9.47 Å². The van der Waals surface area contributed by atoms with E-state index >= 15 is 0 Å². The van der Waals surface area contributed by atoms with E-state index in [-0.39, 0.29) is 11.9 Å². The third kappa shape index (κ3) is 8.14. The summed E-state index contributed by atoms with van der Waals surface area (Å²) in [5.74, 6) is 0.673. The lowest BCUT2D eigenvalue weighted by Crippen LogP contribution is -2.47. The van der Waals surface area contributed by atoms with Crippen molar-refractivity contribution in [2.24, 2.45) is 0 Å². The summed E-state index contributed by atoms with van der Waals surface area (Å²) in [5.41, 5.74) is 4.84. The smallest absolute Gasteiger partial charge is 0.323 e. The number of ether oxygens (including phenoxy) is 2. The number of urea groups is 1. The molecule has 1 aliphatic heterocycles. The first-order valence-corrected chi connectivity index (χ1v) is 14.3. The van der Waals surface area contributed by atoms with Gasteiger partial charge in [-0.1, -0.05) is 31.2 Å². The zero-order chi connectivity index (χ0) is 29.0. The molecule has 0 unspecified atom stereocenters. The molecule has 0 radical (unpaired) electrons. The fourth-order valence-electron chi connectivity index (χ4n) is 4.93. The minimum absolute atomic E-state index is 0.177. The molecular weight excluding hydrogens is 518 g/mol. The lowest BCUT2D eigenvalue weighted by molar-refractivity contribution is 0.0944. The predicted octanol–water partition coefficient (Wildman–Crippen LogP) is 5.38. The second-order valence-corrected chi connectivity index (χ2v) is 9.82. The highest BCUT2D eigenvalue weighted by Gasteiger charge is 2.24. The Bertz CT molecular complexity index is 1310. The van der Waals surface area contributed by atoms with Gasteiger partial charge in [-0.3, -0.25) is 4.79 Å². The molecule has 1 heterocycles. The molecule has 0 aromatic heterocycles. The number of hydrogen-bond donors (Lipinski definition) is 3. The van der Waals surface area contributed by atoms with Crippen molar-refractivity contribution in [1.82, 2.24) is 5.32 Å². The topological polar surface area (TPSA) is 95.2 Å². The maximum absolute atomic E-state index is 13.4. The summed E-state index contributed by atoms with van der Waals surface area (Å²) < 4.78 is 11.0. The van der Waals surface area contributed by atoms with Crippen LogP contribution in [0, 0.1) is 0 Å². The van der Waals surface area contributed by atoms with E-state index in [1.165, 1.54) is 0 Å². The van der Waals surface area contributed by atoms with Crippen LogP contribution in [0.1, 0.15) is 36.2 Å². The number of piperazine rings is 1. The van der Waals surface area contributed by atoms with Gasteiger partial charge in [-0.05, 0) is 67.8 Å². The fourth-order valence-corrected chi connectivity index (χ4v) is 4.93. The van der Waals surface area contributed by atoms with Gasteiger partial charge in [-0.25, -0.2) is 4.79 Å². The van der Waals surface area contributed by atoms with Crippen molar-refractivity contribution in [2.45, 2.75) is 26.7 Å². The highest BCUT2D eigenvalue weighted by molar-refractivity contribution is 6.04. The molecule has 4 rings (SSSR count). The number of carbonyl (C=O) groups is 2. The maximum atomic E-state index is 13.4. The lowest BCUT2D eigenvalue weighted by Gasteiger charge is -2.38. The second-order valence-electron chi connectivity index (χ2n) is 9.82. The number of nitrogens with zero attached hydrogens (tertiary/aromatic N) is 2. The van der Waals surface area contributed by atoms with Crippen molar-refractivity contribution in [3.05, 3.63) is 77.9 Å². The Labute approximate surface area is 242 Å². The van der Waals surface area contributed by atoms with E-state index in [1.54, 1.807) is 13.2 Å². The zero-order valence-electron chi connectivity index (χ0n) is 24.2. The van der Waals surface area contributed by atoms with E-state index in [1.807, 2.05) is 61.5 Å². The number of benzene rings is 3. The summed E-state index contributed by atoms with van der Waals surface area (Å²) in [6, 6.07) is 20.9. The van der Waals surface area contributed by atoms with Crippen LogP contribution < -0.4 is 30.5 Å². The molecule has 3 aromatic carbocycles. The molecule has 0 bridgehead atoms. The van der Waals surface area contributed by atoms with E-state index in [0.29, 0.717) is 31.0 Å². The first kappa shape index (κ1) is 29.7. The van der Waals surface area contributed by atoms with Crippen molar-refractivity contribution in [3.8, 4) is 5.75 Å². The Hall–Kier alpha value is -4.24. The summed E-state index contributed by atoms with van der Waals surface area (Å²) >= 11 is 0. The van der Waals surface area contributed by atoms with Crippen LogP contribution in [0.2, 0.25) is 0 Å². The van der Waals surface area contributed by atoms with Gasteiger partial charge in [-0.15, -0.1) is 0 Å². The van der Waals surface area contributed by atoms with Crippen LogP contribution in [0.4, 0.5) is 27.5 Å². The molecule has 0 spiro atoms. The molecule has 218 valence electrons. The first-order valence-electron chi connectivity index (χ1n) is 14.3. The predicted molar refractivity (Wildman–Crippen MR) is 166 cm³/mol. The summed E-state index contributed by atoms with van der Waals surface area (Å²) in [5, 5.41) is 8.79. The fraction of sp³-hybridized carbons (Fsp3) is 0.375. The van der Waals surface area contributed by atoms with Crippen molar-refractivity contribution in [1.29, 1.82) is 0 Å². The summed E-state index contributed by atoms with van der Waals surface area (Å²) in [6.45, 7) is 8.83. The number of aryl methyl sites for hydroxylation is 1. The highest BCUT2D eigenvalue weighted by atomic mass is 16.5. The monoisotopic (exact) mass is 559 g/mol. The Morgan fingerprint density at radius 1 is 0.829 bits per heavy atom. The summed E-state index contributed by atoms with van der Waals surface area (Å²) in [7, 11) is 1.69. The van der Waals surface area contributed by atoms with Crippen LogP contribution in [0.25, 0.3) is 0 Å². The van der Waals surface area contributed by atoms with Crippen LogP contribution in [-0.4, -0.2) is 65.0 Å². The lowest BCUT2D eigenvalue weighted by atomic mass is 10.1. The van der Waals surface area contributed by atoms with Crippen LogP contribution in [0.15, 0.2) is 66.7 Å². The molecule has 1 fully saturated rings. The minimum atomic E-state index is -0.362. The molecule has 3 N–H and O–H groups in total. The van der Waals surface area contributed by atoms with E-state index in [2.05, 4.69) is 38.7 Å². The normalized spacial score (nSPS) is 13.0. The molecule has 3 amide bonds. The molecule has 9 nitrogen and oxygen atoms in total. The van der Waals surface area contributed by atoms with Crippen LogP contribution in [-0.2, 0) is 11.2 Å².